The van der Waals surface area contributed by atoms with Crippen molar-refractivity contribution in [3.63, 3.8) is 0 Å². The average molecular weight is 382 g/mol. The predicted octanol–water partition coefficient (Wildman–Crippen LogP) is 6.00. The normalized spacial score (nSPS) is 11.8. The third-order valence-electron chi connectivity index (χ3n) is 4.78. The standard InChI is InChI=1S/C21H17F3N4/c1-12-13(2)27-20-16(12)4-3-5-17(20)28-19-10-18(25-11-26-19)14-6-8-15(9-7-14)21(22,23)24/h3-11,27H,1-2H3,(H,25,26,28). The molecule has 4 aromatic rings. The summed E-state index contributed by atoms with van der Waals surface area (Å²) in [6.45, 7) is 4.08. The van der Waals surface area contributed by atoms with Crippen molar-refractivity contribution in [2.75, 3.05) is 5.32 Å². The summed E-state index contributed by atoms with van der Waals surface area (Å²) in [5, 5.41) is 4.40. The van der Waals surface area contributed by atoms with E-state index in [1.54, 1.807) is 6.07 Å². The molecule has 2 heterocycles. The number of rotatable bonds is 3. The number of aromatic amines is 1. The second-order valence-corrected chi connectivity index (χ2v) is 6.59. The van der Waals surface area contributed by atoms with E-state index in [1.165, 1.54) is 24.0 Å². The zero-order valence-corrected chi connectivity index (χ0v) is 15.2. The van der Waals surface area contributed by atoms with Gasteiger partial charge >= 0.3 is 6.18 Å². The fourth-order valence-electron chi connectivity index (χ4n) is 3.14. The lowest BCUT2D eigenvalue weighted by atomic mass is 10.1. The molecule has 0 aliphatic heterocycles. The molecule has 4 rings (SSSR count). The number of fused-ring (bicyclic) bond motifs is 1. The van der Waals surface area contributed by atoms with E-state index in [9.17, 15) is 13.2 Å². The number of aromatic nitrogens is 3. The summed E-state index contributed by atoms with van der Waals surface area (Å²) < 4.78 is 38.2. The van der Waals surface area contributed by atoms with Gasteiger partial charge in [0.2, 0.25) is 0 Å². The van der Waals surface area contributed by atoms with Crippen molar-refractivity contribution in [1.29, 1.82) is 0 Å². The highest BCUT2D eigenvalue weighted by atomic mass is 19.4. The maximum atomic E-state index is 12.7. The molecule has 0 spiro atoms. The van der Waals surface area contributed by atoms with Crippen LogP contribution in [0.5, 0.6) is 0 Å². The largest absolute Gasteiger partial charge is 0.416 e. The molecule has 0 aliphatic rings. The van der Waals surface area contributed by atoms with Crippen LogP contribution in [-0.2, 0) is 6.18 Å². The molecule has 2 aromatic heterocycles. The Hall–Kier alpha value is -3.35. The Morgan fingerprint density at radius 2 is 1.71 bits per heavy atom. The first kappa shape index (κ1) is 18.0. The Morgan fingerprint density at radius 1 is 0.964 bits per heavy atom. The van der Waals surface area contributed by atoms with Gasteiger partial charge in [-0.05, 0) is 37.6 Å². The van der Waals surface area contributed by atoms with Crippen LogP contribution in [0.3, 0.4) is 0 Å². The molecule has 0 atom stereocenters. The number of hydrogen-bond acceptors (Lipinski definition) is 3. The fraction of sp³-hybridized carbons (Fsp3) is 0.143. The Bertz CT molecular complexity index is 1140. The Morgan fingerprint density at radius 3 is 2.43 bits per heavy atom. The highest BCUT2D eigenvalue weighted by Crippen LogP contribution is 2.32. The van der Waals surface area contributed by atoms with Crippen LogP contribution in [-0.4, -0.2) is 15.0 Å². The van der Waals surface area contributed by atoms with Gasteiger partial charge in [0.05, 0.1) is 22.5 Å². The topological polar surface area (TPSA) is 53.6 Å². The number of nitrogens with zero attached hydrogens (tertiary/aromatic N) is 2. The van der Waals surface area contributed by atoms with Crippen LogP contribution in [0.15, 0.2) is 54.9 Å². The molecule has 142 valence electrons. The van der Waals surface area contributed by atoms with Crippen LogP contribution in [0.25, 0.3) is 22.2 Å². The first-order chi connectivity index (χ1) is 13.3. The number of aryl methyl sites for hydroxylation is 2. The molecule has 0 amide bonds. The number of para-hydroxylation sites is 1. The van der Waals surface area contributed by atoms with Crippen LogP contribution in [0.1, 0.15) is 16.8 Å². The van der Waals surface area contributed by atoms with Crippen molar-refractivity contribution >= 4 is 22.4 Å². The Balaban J connectivity index is 1.66. The lowest BCUT2D eigenvalue weighted by Gasteiger charge is -2.10. The smallest absolute Gasteiger partial charge is 0.357 e. The van der Waals surface area contributed by atoms with Gasteiger partial charge in [0, 0.05) is 22.7 Å². The number of alkyl halides is 3. The van der Waals surface area contributed by atoms with E-state index in [-0.39, 0.29) is 0 Å². The van der Waals surface area contributed by atoms with Crippen molar-refractivity contribution in [2.45, 2.75) is 20.0 Å². The molecular formula is C21H17F3N4. The van der Waals surface area contributed by atoms with E-state index in [4.69, 9.17) is 0 Å². The minimum Gasteiger partial charge on any atom is -0.357 e. The van der Waals surface area contributed by atoms with Gasteiger partial charge in [-0.15, -0.1) is 0 Å². The summed E-state index contributed by atoms with van der Waals surface area (Å²) in [4.78, 5) is 11.8. The van der Waals surface area contributed by atoms with Crippen LogP contribution >= 0.6 is 0 Å². The number of halogens is 3. The molecular weight excluding hydrogens is 365 g/mol. The molecule has 0 saturated carbocycles. The summed E-state index contributed by atoms with van der Waals surface area (Å²) in [5.41, 5.74) is 4.57. The van der Waals surface area contributed by atoms with Crippen LogP contribution in [0.4, 0.5) is 24.7 Å². The minimum atomic E-state index is -4.36. The first-order valence-electron chi connectivity index (χ1n) is 8.67. The Labute approximate surface area is 159 Å². The van der Waals surface area contributed by atoms with Gasteiger partial charge in [-0.1, -0.05) is 24.3 Å². The molecule has 2 N–H and O–H groups in total. The van der Waals surface area contributed by atoms with Gasteiger partial charge in [-0.25, -0.2) is 9.97 Å². The predicted molar refractivity (Wildman–Crippen MR) is 104 cm³/mol. The van der Waals surface area contributed by atoms with Gasteiger partial charge in [-0.2, -0.15) is 13.2 Å². The van der Waals surface area contributed by atoms with Gasteiger partial charge in [0.25, 0.3) is 0 Å². The maximum absolute atomic E-state index is 12.7. The quantitative estimate of drug-likeness (QED) is 0.457. The second-order valence-electron chi connectivity index (χ2n) is 6.59. The lowest BCUT2D eigenvalue weighted by molar-refractivity contribution is -0.137. The van der Waals surface area contributed by atoms with E-state index in [1.807, 2.05) is 25.1 Å². The van der Waals surface area contributed by atoms with Crippen molar-refractivity contribution < 1.29 is 13.2 Å². The monoisotopic (exact) mass is 382 g/mol. The molecule has 7 heteroatoms. The first-order valence-corrected chi connectivity index (χ1v) is 8.67. The van der Waals surface area contributed by atoms with Crippen molar-refractivity contribution in [2.24, 2.45) is 0 Å². The highest BCUT2D eigenvalue weighted by molar-refractivity contribution is 5.95. The van der Waals surface area contributed by atoms with Gasteiger partial charge in [-0.3, -0.25) is 0 Å². The van der Waals surface area contributed by atoms with Crippen molar-refractivity contribution in [1.82, 2.24) is 15.0 Å². The Kier molecular flexibility index (Phi) is 4.30. The SMILES string of the molecule is Cc1[nH]c2c(Nc3cc(-c4ccc(C(F)(F)F)cc4)ncn3)cccc2c1C. The summed E-state index contributed by atoms with van der Waals surface area (Å²) in [5.74, 6) is 0.558. The van der Waals surface area contributed by atoms with E-state index in [2.05, 4.69) is 27.2 Å². The average Bonchev–Trinajstić information content (AvgIpc) is 2.97. The summed E-state index contributed by atoms with van der Waals surface area (Å²) in [7, 11) is 0. The number of benzene rings is 2. The molecule has 0 radical (unpaired) electrons. The molecule has 2 aromatic carbocycles. The molecule has 0 fully saturated rings. The number of hydrogen-bond donors (Lipinski definition) is 2. The van der Waals surface area contributed by atoms with Crippen molar-refractivity contribution in [3.8, 4) is 11.3 Å². The maximum Gasteiger partial charge on any atom is 0.416 e. The molecule has 0 aliphatic carbocycles. The number of nitrogens with one attached hydrogen (secondary N) is 2. The van der Waals surface area contributed by atoms with E-state index < -0.39 is 11.7 Å². The fourth-order valence-corrected chi connectivity index (χ4v) is 3.14. The van der Waals surface area contributed by atoms with Crippen LogP contribution < -0.4 is 5.32 Å². The molecule has 0 saturated heterocycles. The minimum absolute atomic E-state index is 0.539. The second kappa shape index (κ2) is 6.67. The molecule has 4 nitrogen and oxygen atoms in total. The molecule has 0 unspecified atom stereocenters. The van der Waals surface area contributed by atoms with E-state index >= 15 is 0 Å². The van der Waals surface area contributed by atoms with Crippen LogP contribution in [0, 0.1) is 13.8 Å². The molecule has 28 heavy (non-hydrogen) atoms. The number of H-pyrrole nitrogens is 1. The number of anilines is 2. The third kappa shape index (κ3) is 3.31. The molecule has 0 bridgehead atoms. The summed E-state index contributed by atoms with van der Waals surface area (Å²) in [6.07, 6.45) is -2.97. The third-order valence-corrected chi connectivity index (χ3v) is 4.78. The summed E-state index contributed by atoms with van der Waals surface area (Å²) >= 11 is 0. The summed E-state index contributed by atoms with van der Waals surface area (Å²) in [6, 6.07) is 12.6. The zero-order valence-electron chi connectivity index (χ0n) is 15.2. The van der Waals surface area contributed by atoms with Crippen LogP contribution in [0.2, 0.25) is 0 Å². The van der Waals surface area contributed by atoms with Gasteiger partial charge in [0.1, 0.15) is 12.1 Å². The van der Waals surface area contributed by atoms with Crippen molar-refractivity contribution in [3.05, 3.63) is 71.7 Å². The highest BCUT2D eigenvalue weighted by Gasteiger charge is 2.30. The van der Waals surface area contributed by atoms with Gasteiger partial charge < -0.3 is 10.3 Å². The van der Waals surface area contributed by atoms with E-state index in [0.29, 0.717) is 17.1 Å². The zero-order chi connectivity index (χ0) is 19.9. The van der Waals surface area contributed by atoms with E-state index in [0.717, 1.165) is 34.4 Å². The van der Waals surface area contributed by atoms with Gasteiger partial charge in [0.15, 0.2) is 0 Å². The lowest BCUT2D eigenvalue weighted by Crippen LogP contribution is -2.04.